The number of ether oxygens (including phenoxy) is 1. The van der Waals surface area contributed by atoms with Crippen molar-refractivity contribution >= 4 is 16.6 Å². The van der Waals surface area contributed by atoms with Crippen LogP contribution < -0.4 is 10.1 Å². The fraction of sp³-hybridized carbons (Fsp3) is 0.188. The van der Waals surface area contributed by atoms with E-state index in [1.807, 2.05) is 12.3 Å². The summed E-state index contributed by atoms with van der Waals surface area (Å²) in [5.74, 6) is 1.03. The maximum atomic E-state index is 5.53. The second-order valence-corrected chi connectivity index (χ2v) is 5.03. The number of fused-ring (bicyclic) bond motifs is 2. The number of anilines is 1. The molecule has 2 heterocycles. The van der Waals surface area contributed by atoms with Crippen molar-refractivity contribution in [3.05, 3.63) is 53.7 Å². The normalized spacial score (nSPS) is 13.2. The SMILES string of the molecule is c1cc(NCc2ccc3c(c2)CCO3)c2[nH]ncc2c1. The second-order valence-electron chi connectivity index (χ2n) is 5.03. The van der Waals surface area contributed by atoms with Crippen molar-refractivity contribution in [2.75, 3.05) is 11.9 Å². The minimum absolute atomic E-state index is 0.797. The Labute approximate surface area is 116 Å². The van der Waals surface area contributed by atoms with E-state index in [9.17, 15) is 0 Å². The summed E-state index contributed by atoms with van der Waals surface area (Å²) in [4.78, 5) is 0. The van der Waals surface area contributed by atoms with Gasteiger partial charge >= 0.3 is 0 Å². The van der Waals surface area contributed by atoms with Crippen LogP contribution in [-0.4, -0.2) is 16.8 Å². The molecule has 0 saturated heterocycles. The minimum atomic E-state index is 0.797. The van der Waals surface area contributed by atoms with Crippen molar-refractivity contribution in [2.45, 2.75) is 13.0 Å². The highest BCUT2D eigenvalue weighted by Gasteiger charge is 2.12. The van der Waals surface area contributed by atoms with E-state index in [1.54, 1.807) is 0 Å². The van der Waals surface area contributed by atoms with Crippen molar-refractivity contribution in [3.8, 4) is 5.75 Å². The number of rotatable bonds is 3. The molecule has 0 unspecified atom stereocenters. The van der Waals surface area contributed by atoms with Gasteiger partial charge in [0.25, 0.3) is 0 Å². The average molecular weight is 265 g/mol. The van der Waals surface area contributed by atoms with Crippen molar-refractivity contribution in [2.24, 2.45) is 0 Å². The Hall–Kier alpha value is -2.49. The van der Waals surface area contributed by atoms with Crippen molar-refractivity contribution in [1.29, 1.82) is 0 Å². The Balaban J connectivity index is 1.57. The molecule has 0 bridgehead atoms. The first-order chi connectivity index (χ1) is 9.90. The van der Waals surface area contributed by atoms with E-state index in [4.69, 9.17) is 4.74 Å². The molecular formula is C16H15N3O. The Morgan fingerprint density at radius 1 is 1.25 bits per heavy atom. The number of benzene rings is 2. The second kappa shape index (κ2) is 4.56. The lowest BCUT2D eigenvalue weighted by atomic mass is 10.1. The number of hydrogen-bond donors (Lipinski definition) is 2. The minimum Gasteiger partial charge on any atom is -0.493 e. The molecule has 100 valence electrons. The summed E-state index contributed by atoms with van der Waals surface area (Å²) in [5.41, 5.74) is 4.71. The van der Waals surface area contributed by atoms with E-state index < -0.39 is 0 Å². The molecule has 0 spiro atoms. The van der Waals surface area contributed by atoms with E-state index in [0.29, 0.717) is 0 Å². The zero-order valence-corrected chi connectivity index (χ0v) is 11.0. The highest BCUT2D eigenvalue weighted by molar-refractivity contribution is 5.89. The van der Waals surface area contributed by atoms with Crippen LogP contribution in [0.1, 0.15) is 11.1 Å². The Morgan fingerprint density at radius 2 is 2.25 bits per heavy atom. The van der Waals surface area contributed by atoms with Gasteiger partial charge in [-0.2, -0.15) is 5.10 Å². The predicted octanol–water partition coefficient (Wildman–Crippen LogP) is 3.11. The largest absolute Gasteiger partial charge is 0.493 e. The van der Waals surface area contributed by atoms with Crippen LogP contribution in [0.2, 0.25) is 0 Å². The molecule has 0 amide bonds. The van der Waals surface area contributed by atoms with Crippen LogP contribution in [0.4, 0.5) is 5.69 Å². The highest BCUT2D eigenvalue weighted by atomic mass is 16.5. The van der Waals surface area contributed by atoms with E-state index in [-0.39, 0.29) is 0 Å². The van der Waals surface area contributed by atoms with Gasteiger partial charge in [-0.05, 0) is 23.3 Å². The summed E-state index contributed by atoms with van der Waals surface area (Å²) in [7, 11) is 0. The lowest BCUT2D eigenvalue weighted by molar-refractivity contribution is 0.357. The van der Waals surface area contributed by atoms with Crippen LogP contribution >= 0.6 is 0 Å². The summed E-state index contributed by atoms with van der Waals surface area (Å²) in [6, 6.07) is 12.6. The number of aromatic nitrogens is 2. The van der Waals surface area contributed by atoms with Gasteiger partial charge in [0.15, 0.2) is 0 Å². The van der Waals surface area contributed by atoms with Gasteiger partial charge in [-0.25, -0.2) is 0 Å². The molecular weight excluding hydrogens is 250 g/mol. The number of para-hydroxylation sites is 1. The summed E-state index contributed by atoms with van der Waals surface area (Å²) >= 11 is 0. The van der Waals surface area contributed by atoms with Crippen LogP contribution in [-0.2, 0) is 13.0 Å². The van der Waals surface area contributed by atoms with Gasteiger partial charge in [-0.3, -0.25) is 5.10 Å². The zero-order valence-electron chi connectivity index (χ0n) is 11.0. The van der Waals surface area contributed by atoms with Crippen LogP contribution in [0.25, 0.3) is 10.9 Å². The van der Waals surface area contributed by atoms with Crippen molar-refractivity contribution in [1.82, 2.24) is 10.2 Å². The van der Waals surface area contributed by atoms with Crippen LogP contribution in [0.5, 0.6) is 5.75 Å². The molecule has 2 N–H and O–H groups in total. The van der Waals surface area contributed by atoms with Gasteiger partial charge in [0.2, 0.25) is 0 Å². The molecule has 0 aliphatic carbocycles. The third-order valence-corrected chi connectivity index (χ3v) is 3.71. The molecule has 4 heteroatoms. The Bertz CT molecular complexity index is 763. The third kappa shape index (κ3) is 1.90. The number of hydrogen-bond acceptors (Lipinski definition) is 3. The lowest BCUT2D eigenvalue weighted by Crippen LogP contribution is -2.00. The molecule has 0 radical (unpaired) electrons. The van der Waals surface area contributed by atoms with E-state index in [0.717, 1.165) is 41.9 Å². The molecule has 1 aliphatic rings. The molecule has 1 aliphatic heterocycles. The molecule has 1 aromatic heterocycles. The van der Waals surface area contributed by atoms with Crippen molar-refractivity contribution in [3.63, 3.8) is 0 Å². The van der Waals surface area contributed by atoms with Crippen molar-refractivity contribution < 1.29 is 4.74 Å². The van der Waals surface area contributed by atoms with Gasteiger partial charge in [-0.1, -0.05) is 24.3 Å². The summed E-state index contributed by atoms with van der Waals surface area (Å²) in [6.45, 7) is 1.60. The topological polar surface area (TPSA) is 49.9 Å². The van der Waals surface area contributed by atoms with Gasteiger partial charge in [0.1, 0.15) is 5.75 Å². The number of H-pyrrole nitrogens is 1. The van der Waals surface area contributed by atoms with Crippen LogP contribution in [0.3, 0.4) is 0 Å². The van der Waals surface area contributed by atoms with Gasteiger partial charge < -0.3 is 10.1 Å². The van der Waals surface area contributed by atoms with Gasteiger partial charge in [0.05, 0.1) is 24.0 Å². The van der Waals surface area contributed by atoms with Gasteiger partial charge in [-0.15, -0.1) is 0 Å². The molecule has 3 aromatic rings. The third-order valence-electron chi connectivity index (χ3n) is 3.71. The van der Waals surface area contributed by atoms with Gasteiger partial charge in [0, 0.05) is 18.4 Å². The first kappa shape index (κ1) is 11.3. The molecule has 2 aromatic carbocycles. The molecule has 0 saturated carbocycles. The number of nitrogens with one attached hydrogen (secondary N) is 2. The Morgan fingerprint density at radius 3 is 3.25 bits per heavy atom. The highest BCUT2D eigenvalue weighted by Crippen LogP contribution is 2.27. The summed E-state index contributed by atoms with van der Waals surface area (Å²) in [6.07, 6.45) is 2.85. The zero-order chi connectivity index (χ0) is 13.4. The fourth-order valence-corrected chi connectivity index (χ4v) is 2.66. The van der Waals surface area contributed by atoms with E-state index >= 15 is 0 Å². The molecule has 4 nitrogen and oxygen atoms in total. The predicted molar refractivity (Wildman–Crippen MR) is 79.1 cm³/mol. The lowest BCUT2D eigenvalue weighted by Gasteiger charge is -2.08. The molecule has 4 rings (SSSR count). The number of nitrogens with zero attached hydrogens (tertiary/aromatic N) is 1. The summed E-state index contributed by atoms with van der Waals surface area (Å²) in [5, 5.41) is 11.7. The number of aromatic amines is 1. The molecule has 0 atom stereocenters. The average Bonchev–Trinajstić information content (AvgIpc) is 3.13. The maximum absolute atomic E-state index is 5.53. The smallest absolute Gasteiger partial charge is 0.122 e. The standard InChI is InChI=1S/C16H15N3O/c1-2-13-10-18-19-16(13)14(3-1)17-9-11-4-5-15-12(8-11)6-7-20-15/h1-5,8,10,17H,6-7,9H2,(H,18,19). The molecule has 0 fully saturated rings. The fourth-order valence-electron chi connectivity index (χ4n) is 2.66. The first-order valence-corrected chi connectivity index (χ1v) is 6.81. The Kier molecular flexibility index (Phi) is 2.59. The van der Waals surface area contributed by atoms with E-state index in [2.05, 4.69) is 45.8 Å². The maximum Gasteiger partial charge on any atom is 0.122 e. The monoisotopic (exact) mass is 265 g/mol. The first-order valence-electron chi connectivity index (χ1n) is 6.81. The molecule has 20 heavy (non-hydrogen) atoms. The van der Waals surface area contributed by atoms with Crippen LogP contribution in [0.15, 0.2) is 42.6 Å². The van der Waals surface area contributed by atoms with E-state index in [1.165, 1.54) is 11.1 Å². The quantitative estimate of drug-likeness (QED) is 0.765. The van der Waals surface area contributed by atoms with Crippen LogP contribution in [0, 0.1) is 0 Å². The summed E-state index contributed by atoms with van der Waals surface area (Å²) < 4.78 is 5.53.